The average molecular weight is 463 g/mol. The van der Waals surface area contributed by atoms with Crippen LogP contribution in [0.15, 0.2) is 47.6 Å². The van der Waals surface area contributed by atoms with Gasteiger partial charge in [-0.25, -0.2) is 0 Å². The molecule has 0 heterocycles. The Morgan fingerprint density at radius 3 is 2.56 bits per heavy atom. The number of hydrogen-bond acceptors (Lipinski definition) is 3. The van der Waals surface area contributed by atoms with E-state index in [0.717, 1.165) is 17.5 Å². The fraction of sp³-hybridized carbons (Fsp3) is 0.613. The predicted molar refractivity (Wildman–Crippen MR) is 138 cm³/mol. The second-order valence-corrected chi connectivity index (χ2v) is 11.8. The number of allylic oxidation sites excluding steroid dienone is 3. The van der Waals surface area contributed by atoms with Crippen LogP contribution in [-0.4, -0.2) is 27.5 Å². The minimum absolute atomic E-state index is 0.275. The van der Waals surface area contributed by atoms with Crippen LogP contribution in [0, 0.1) is 35.0 Å². The molecule has 3 aliphatic carbocycles. The van der Waals surface area contributed by atoms with Crippen LogP contribution in [0.3, 0.4) is 0 Å². The van der Waals surface area contributed by atoms with Crippen molar-refractivity contribution in [1.29, 1.82) is 0 Å². The first-order chi connectivity index (χ1) is 16.1. The topological polar surface area (TPSA) is 60.7 Å². The Morgan fingerprint density at radius 2 is 1.85 bits per heavy atom. The van der Waals surface area contributed by atoms with Gasteiger partial charge in [0.05, 0.1) is 17.8 Å². The van der Waals surface area contributed by atoms with Crippen LogP contribution >= 0.6 is 0 Å². The van der Waals surface area contributed by atoms with Gasteiger partial charge < -0.3 is 15.3 Å². The molecule has 0 spiro atoms. The first-order valence-corrected chi connectivity index (χ1v) is 13.2. The lowest BCUT2D eigenvalue weighted by molar-refractivity contribution is 0.0609. The number of hydrogen-bond donors (Lipinski definition) is 3. The Hall–Kier alpha value is -1.86. The summed E-state index contributed by atoms with van der Waals surface area (Å²) in [5.74, 6) is 8.47. The minimum atomic E-state index is -0.858. The van der Waals surface area contributed by atoms with Crippen LogP contribution in [0.2, 0.25) is 0 Å². The maximum absolute atomic E-state index is 10.3. The van der Waals surface area contributed by atoms with E-state index in [0.29, 0.717) is 37.0 Å². The van der Waals surface area contributed by atoms with Crippen LogP contribution < -0.4 is 0 Å². The van der Waals surface area contributed by atoms with Gasteiger partial charge in [0, 0.05) is 11.5 Å². The highest BCUT2D eigenvalue weighted by molar-refractivity contribution is 5.39. The van der Waals surface area contributed by atoms with E-state index < -0.39 is 17.8 Å². The Morgan fingerprint density at radius 1 is 1.12 bits per heavy atom. The van der Waals surface area contributed by atoms with E-state index in [9.17, 15) is 15.3 Å². The first kappa shape index (κ1) is 25.2. The van der Waals surface area contributed by atoms with Crippen molar-refractivity contribution in [3.8, 4) is 11.8 Å². The van der Waals surface area contributed by atoms with Gasteiger partial charge in [-0.1, -0.05) is 61.1 Å². The van der Waals surface area contributed by atoms with Crippen molar-refractivity contribution in [3.05, 3.63) is 58.7 Å². The van der Waals surface area contributed by atoms with E-state index in [1.54, 1.807) is 5.57 Å². The van der Waals surface area contributed by atoms with Gasteiger partial charge in [0.1, 0.15) is 0 Å². The van der Waals surface area contributed by atoms with Gasteiger partial charge in [-0.3, -0.25) is 0 Å². The summed E-state index contributed by atoms with van der Waals surface area (Å²) in [5.41, 5.74) is 4.01. The lowest BCUT2D eigenvalue weighted by Gasteiger charge is -2.43. The summed E-state index contributed by atoms with van der Waals surface area (Å²) >= 11 is 0. The van der Waals surface area contributed by atoms with Crippen molar-refractivity contribution < 1.29 is 15.3 Å². The van der Waals surface area contributed by atoms with Crippen molar-refractivity contribution >= 4 is 0 Å². The Labute approximate surface area is 206 Å². The van der Waals surface area contributed by atoms with Crippen LogP contribution in [-0.2, 0) is 5.60 Å². The molecule has 1 aromatic carbocycles. The highest BCUT2D eigenvalue weighted by atomic mass is 16.3. The highest BCUT2D eigenvalue weighted by Crippen LogP contribution is 2.59. The van der Waals surface area contributed by atoms with Crippen molar-refractivity contribution in [2.75, 3.05) is 0 Å². The molecule has 3 fully saturated rings. The summed E-state index contributed by atoms with van der Waals surface area (Å²) < 4.78 is 0. The average Bonchev–Trinajstić information content (AvgIpc) is 3.12. The van der Waals surface area contributed by atoms with Crippen molar-refractivity contribution in [1.82, 2.24) is 0 Å². The van der Waals surface area contributed by atoms with Gasteiger partial charge in [-0.15, -0.1) is 0 Å². The molecule has 0 bridgehead atoms. The maximum Gasteiger partial charge on any atom is 0.0840 e. The summed E-state index contributed by atoms with van der Waals surface area (Å²) in [6.45, 7) is 8.39. The molecule has 0 radical (unpaired) electrons. The van der Waals surface area contributed by atoms with Crippen LogP contribution in [0.25, 0.3) is 0 Å². The number of aliphatic hydroxyl groups is 3. The van der Waals surface area contributed by atoms with E-state index in [4.69, 9.17) is 0 Å². The zero-order valence-corrected chi connectivity index (χ0v) is 21.3. The third-order valence-electron chi connectivity index (χ3n) is 8.73. The van der Waals surface area contributed by atoms with E-state index in [1.165, 1.54) is 31.3 Å². The molecule has 3 nitrogen and oxygen atoms in total. The molecule has 0 saturated heterocycles. The smallest absolute Gasteiger partial charge is 0.0840 e. The molecule has 3 N–H and O–H groups in total. The molecule has 3 saturated carbocycles. The molecule has 4 rings (SSSR count). The van der Waals surface area contributed by atoms with E-state index in [-0.39, 0.29) is 5.41 Å². The van der Waals surface area contributed by atoms with E-state index in [2.05, 4.69) is 37.8 Å². The Kier molecular flexibility index (Phi) is 7.44. The zero-order valence-electron chi connectivity index (χ0n) is 21.3. The number of fused-ring (bicyclic) bond motifs is 1. The van der Waals surface area contributed by atoms with E-state index >= 15 is 0 Å². The number of rotatable bonds is 3. The van der Waals surface area contributed by atoms with Gasteiger partial charge in [-0.2, -0.15) is 0 Å². The van der Waals surface area contributed by atoms with Crippen LogP contribution in [0.5, 0.6) is 0 Å². The van der Waals surface area contributed by atoms with E-state index in [1.807, 2.05) is 38.1 Å². The first-order valence-electron chi connectivity index (χ1n) is 13.2. The predicted octanol–water partition coefficient (Wildman–Crippen LogP) is 5.88. The van der Waals surface area contributed by atoms with Gasteiger partial charge in [0.25, 0.3) is 0 Å². The monoisotopic (exact) mass is 462 g/mol. The molecular weight excluding hydrogens is 420 g/mol. The second kappa shape index (κ2) is 10.0. The summed E-state index contributed by atoms with van der Waals surface area (Å²) in [6.07, 6.45) is 11.6. The molecule has 0 unspecified atom stereocenters. The maximum atomic E-state index is 10.3. The lowest BCUT2D eigenvalue weighted by atomic mass is 9.61. The van der Waals surface area contributed by atoms with Crippen molar-refractivity contribution in [2.24, 2.45) is 23.2 Å². The lowest BCUT2D eigenvalue weighted by Crippen LogP contribution is -2.35. The number of aliphatic hydroxyl groups excluding tert-OH is 2. The van der Waals surface area contributed by atoms with Crippen LogP contribution in [0.1, 0.15) is 90.2 Å². The van der Waals surface area contributed by atoms with Gasteiger partial charge in [0.2, 0.25) is 0 Å². The van der Waals surface area contributed by atoms with Crippen molar-refractivity contribution in [3.63, 3.8) is 0 Å². The Balaban J connectivity index is 1.50. The molecular formula is C31H42O3. The molecule has 3 aliphatic rings. The fourth-order valence-corrected chi connectivity index (χ4v) is 6.91. The zero-order chi connectivity index (χ0) is 24.5. The summed E-state index contributed by atoms with van der Waals surface area (Å²) in [4.78, 5) is 0. The third-order valence-corrected chi connectivity index (χ3v) is 8.73. The number of benzene rings is 1. The minimum Gasteiger partial charge on any atom is -0.393 e. The normalized spacial score (nSPS) is 33.7. The molecule has 0 aromatic heterocycles. The summed E-state index contributed by atoms with van der Waals surface area (Å²) in [6, 6.07) is 7.97. The molecule has 3 heteroatoms. The highest BCUT2D eigenvalue weighted by Gasteiger charge is 2.50. The third kappa shape index (κ3) is 5.51. The molecule has 0 amide bonds. The molecule has 34 heavy (non-hydrogen) atoms. The largest absolute Gasteiger partial charge is 0.393 e. The van der Waals surface area contributed by atoms with Gasteiger partial charge in [0.15, 0.2) is 0 Å². The van der Waals surface area contributed by atoms with Crippen molar-refractivity contribution in [2.45, 2.75) is 96.9 Å². The standard InChI is InChI=1S/C31H42O3/c1-21(10-11-22-7-5-9-25(17-22)30(2,3)34)28-14-15-29-24(8-6-16-31(28,29)4)13-12-23-18-26(32)20-27(33)19-23/h5,7,9,12-13,17,21,26-29,32-34H,6,8,14-16,18-20H2,1-4H3/b24-13+/t21-,26+,27+,28+,29-,31+/m0/s1. The van der Waals surface area contributed by atoms with Gasteiger partial charge in [-0.05, 0) is 100 Å². The SMILES string of the molecule is C[C@@H](C#Cc1cccc(C(C)(C)O)c1)[C@H]1CC[C@H]2/C(=C/C=C3C[C@@H](O)C[C@H](O)C3)CCC[C@]12C. The van der Waals surface area contributed by atoms with Gasteiger partial charge >= 0.3 is 0 Å². The second-order valence-electron chi connectivity index (χ2n) is 11.8. The molecule has 6 atom stereocenters. The Bertz CT molecular complexity index is 989. The fourth-order valence-electron chi connectivity index (χ4n) is 6.91. The molecule has 0 aliphatic heterocycles. The summed E-state index contributed by atoms with van der Waals surface area (Å²) in [7, 11) is 0. The quantitative estimate of drug-likeness (QED) is 0.492. The summed E-state index contributed by atoms with van der Waals surface area (Å²) in [5, 5.41) is 30.4. The molecule has 1 aromatic rings. The molecule has 184 valence electrons. The van der Waals surface area contributed by atoms with Crippen LogP contribution in [0.4, 0.5) is 0 Å².